The number of para-hydroxylation sites is 1. The molecule has 2 aromatic heterocycles. The molecule has 5 heteroatoms. The topological polar surface area (TPSA) is 46.8 Å². The van der Waals surface area contributed by atoms with Crippen molar-refractivity contribution in [1.82, 2.24) is 19.7 Å². The summed E-state index contributed by atoms with van der Waals surface area (Å²) < 4.78 is 2.24. The molecule has 0 unspecified atom stereocenters. The Hall–Kier alpha value is -3.21. The number of pyridine rings is 1. The third kappa shape index (κ3) is 2.36. The smallest absolute Gasteiger partial charge is 0.164 e. The summed E-state index contributed by atoms with van der Waals surface area (Å²) in [4.78, 5) is 6.94. The van der Waals surface area contributed by atoms with Gasteiger partial charge >= 0.3 is 0 Å². The lowest BCUT2D eigenvalue weighted by molar-refractivity contribution is 0.565. The Morgan fingerprint density at radius 1 is 0.885 bits per heavy atom. The molecule has 1 aliphatic rings. The molecule has 0 atom stereocenters. The Balaban J connectivity index is 1.53. The SMILES string of the molecule is Cc1cccc2c(N3CCn4c(nnc4-c4ccccc4)C3)ccnc12. The van der Waals surface area contributed by atoms with E-state index in [1.807, 2.05) is 24.4 Å². The minimum absolute atomic E-state index is 0.757. The maximum absolute atomic E-state index is 4.56. The molecule has 0 N–H and O–H groups in total. The van der Waals surface area contributed by atoms with Crippen molar-refractivity contribution in [3.8, 4) is 11.4 Å². The summed E-state index contributed by atoms with van der Waals surface area (Å²) in [5.41, 5.74) is 4.61. The van der Waals surface area contributed by atoms with Gasteiger partial charge in [-0.25, -0.2) is 0 Å². The average molecular weight is 341 g/mol. The van der Waals surface area contributed by atoms with Crippen LogP contribution in [0.2, 0.25) is 0 Å². The fraction of sp³-hybridized carbons (Fsp3) is 0.190. The molecule has 0 bridgehead atoms. The minimum Gasteiger partial charge on any atom is -0.362 e. The van der Waals surface area contributed by atoms with Crippen LogP contribution in [0, 0.1) is 6.92 Å². The highest BCUT2D eigenvalue weighted by molar-refractivity contribution is 5.93. The van der Waals surface area contributed by atoms with E-state index >= 15 is 0 Å². The molecule has 0 aliphatic carbocycles. The van der Waals surface area contributed by atoms with Gasteiger partial charge < -0.3 is 9.47 Å². The van der Waals surface area contributed by atoms with E-state index in [4.69, 9.17) is 0 Å². The maximum atomic E-state index is 4.56. The molecular weight excluding hydrogens is 322 g/mol. The zero-order valence-corrected chi connectivity index (χ0v) is 14.6. The quantitative estimate of drug-likeness (QED) is 0.556. The third-order valence-electron chi connectivity index (χ3n) is 5.08. The van der Waals surface area contributed by atoms with Gasteiger partial charge in [0.2, 0.25) is 0 Å². The van der Waals surface area contributed by atoms with Crippen LogP contribution in [0.25, 0.3) is 22.3 Å². The van der Waals surface area contributed by atoms with Crippen LogP contribution in [0.5, 0.6) is 0 Å². The predicted octanol–water partition coefficient (Wildman–Crippen LogP) is 3.82. The van der Waals surface area contributed by atoms with Gasteiger partial charge in [0.25, 0.3) is 0 Å². The van der Waals surface area contributed by atoms with Crippen LogP contribution in [-0.2, 0) is 13.1 Å². The predicted molar refractivity (Wildman–Crippen MR) is 103 cm³/mol. The lowest BCUT2D eigenvalue weighted by Gasteiger charge is -2.30. The molecule has 2 aromatic carbocycles. The molecular formula is C21H19N5. The highest BCUT2D eigenvalue weighted by Gasteiger charge is 2.23. The summed E-state index contributed by atoms with van der Waals surface area (Å²) >= 11 is 0. The molecule has 128 valence electrons. The lowest BCUT2D eigenvalue weighted by Crippen LogP contribution is -2.34. The van der Waals surface area contributed by atoms with Gasteiger partial charge in [0, 0.05) is 35.9 Å². The van der Waals surface area contributed by atoms with Crippen LogP contribution in [-0.4, -0.2) is 26.3 Å². The summed E-state index contributed by atoms with van der Waals surface area (Å²) in [5.74, 6) is 1.96. The fourth-order valence-corrected chi connectivity index (χ4v) is 3.75. The van der Waals surface area contributed by atoms with Crippen LogP contribution in [0.15, 0.2) is 60.8 Å². The third-order valence-corrected chi connectivity index (χ3v) is 5.08. The van der Waals surface area contributed by atoms with Gasteiger partial charge in [-0.1, -0.05) is 48.5 Å². The van der Waals surface area contributed by atoms with Crippen molar-refractivity contribution in [2.75, 3.05) is 11.4 Å². The highest BCUT2D eigenvalue weighted by atomic mass is 15.3. The summed E-state index contributed by atoms with van der Waals surface area (Å²) in [6.07, 6.45) is 1.90. The molecule has 3 heterocycles. The molecule has 5 rings (SSSR count). The molecule has 0 radical (unpaired) electrons. The molecule has 26 heavy (non-hydrogen) atoms. The monoisotopic (exact) mass is 341 g/mol. The van der Waals surface area contributed by atoms with E-state index in [0.717, 1.165) is 42.4 Å². The molecule has 1 aliphatic heterocycles. The van der Waals surface area contributed by atoms with Gasteiger partial charge in [0.15, 0.2) is 11.6 Å². The highest BCUT2D eigenvalue weighted by Crippen LogP contribution is 2.30. The Bertz CT molecular complexity index is 1080. The normalized spacial score (nSPS) is 13.8. The first-order valence-corrected chi connectivity index (χ1v) is 8.88. The van der Waals surface area contributed by atoms with Crippen molar-refractivity contribution in [2.24, 2.45) is 0 Å². The Morgan fingerprint density at radius 2 is 1.77 bits per heavy atom. The van der Waals surface area contributed by atoms with Gasteiger partial charge in [-0.05, 0) is 18.6 Å². The molecule has 0 fully saturated rings. The second-order valence-corrected chi connectivity index (χ2v) is 6.68. The largest absolute Gasteiger partial charge is 0.362 e. The average Bonchev–Trinajstić information content (AvgIpc) is 3.12. The standard InChI is InChI=1S/C21H19N5/c1-15-6-5-9-17-18(10-11-22-20(15)17)25-12-13-26-19(14-25)23-24-21(26)16-7-3-2-4-8-16/h2-11H,12-14H2,1H3. The van der Waals surface area contributed by atoms with E-state index in [1.54, 1.807) is 0 Å². The minimum atomic E-state index is 0.757. The van der Waals surface area contributed by atoms with E-state index in [-0.39, 0.29) is 0 Å². The van der Waals surface area contributed by atoms with Gasteiger partial charge in [-0.2, -0.15) is 0 Å². The van der Waals surface area contributed by atoms with Crippen molar-refractivity contribution >= 4 is 16.6 Å². The zero-order chi connectivity index (χ0) is 17.5. The number of benzene rings is 2. The number of nitrogens with zero attached hydrogens (tertiary/aromatic N) is 5. The first kappa shape index (κ1) is 15.1. The van der Waals surface area contributed by atoms with Crippen LogP contribution in [0.3, 0.4) is 0 Å². The molecule has 0 spiro atoms. The van der Waals surface area contributed by atoms with Crippen LogP contribution in [0.4, 0.5) is 5.69 Å². The van der Waals surface area contributed by atoms with Crippen molar-refractivity contribution in [3.05, 3.63) is 72.2 Å². The number of aryl methyl sites for hydroxylation is 1. The summed E-state index contributed by atoms with van der Waals surface area (Å²) in [6.45, 7) is 4.67. The Morgan fingerprint density at radius 3 is 2.65 bits per heavy atom. The number of fused-ring (bicyclic) bond motifs is 2. The van der Waals surface area contributed by atoms with Crippen molar-refractivity contribution in [3.63, 3.8) is 0 Å². The number of rotatable bonds is 2. The van der Waals surface area contributed by atoms with Crippen LogP contribution < -0.4 is 4.90 Å². The van der Waals surface area contributed by atoms with E-state index in [0.29, 0.717) is 0 Å². The van der Waals surface area contributed by atoms with Crippen molar-refractivity contribution in [1.29, 1.82) is 0 Å². The first-order chi connectivity index (χ1) is 12.8. The van der Waals surface area contributed by atoms with E-state index in [9.17, 15) is 0 Å². The molecule has 0 saturated carbocycles. The number of hydrogen-bond donors (Lipinski definition) is 0. The Labute approximate surface area is 151 Å². The molecule has 4 aromatic rings. The van der Waals surface area contributed by atoms with Gasteiger partial charge in [0.1, 0.15) is 0 Å². The second-order valence-electron chi connectivity index (χ2n) is 6.68. The fourth-order valence-electron chi connectivity index (χ4n) is 3.75. The first-order valence-electron chi connectivity index (χ1n) is 8.88. The Kier molecular flexibility index (Phi) is 3.45. The maximum Gasteiger partial charge on any atom is 0.164 e. The number of anilines is 1. The van der Waals surface area contributed by atoms with E-state index in [2.05, 4.69) is 68.0 Å². The molecule has 0 saturated heterocycles. The summed E-state index contributed by atoms with van der Waals surface area (Å²) in [6, 6.07) is 18.7. The van der Waals surface area contributed by atoms with Crippen molar-refractivity contribution < 1.29 is 0 Å². The van der Waals surface area contributed by atoms with Gasteiger partial charge in [-0.15, -0.1) is 10.2 Å². The lowest BCUT2D eigenvalue weighted by atomic mass is 10.1. The van der Waals surface area contributed by atoms with Crippen LogP contribution in [0.1, 0.15) is 11.4 Å². The summed E-state index contributed by atoms with van der Waals surface area (Å²) in [7, 11) is 0. The van der Waals surface area contributed by atoms with E-state index in [1.165, 1.54) is 16.6 Å². The van der Waals surface area contributed by atoms with Gasteiger partial charge in [0.05, 0.1) is 12.1 Å². The van der Waals surface area contributed by atoms with E-state index < -0.39 is 0 Å². The number of hydrogen-bond acceptors (Lipinski definition) is 4. The molecule has 0 amide bonds. The number of aromatic nitrogens is 4. The van der Waals surface area contributed by atoms with Crippen LogP contribution >= 0.6 is 0 Å². The zero-order valence-electron chi connectivity index (χ0n) is 14.6. The summed E-state index contributed by atoms with van der Waals surface area (Å²) in [5, 5.41) is 10.1. The second kappa shape index (κ2) is 5.95. The molecule has 5 nitrogen and oxygen atoms in total. The van der Waals surface area contributed by atoms with Crippen molar-refractivity contribution in [2.45, 2.75) is 20.0 Å². The van der Waals surface area contributed by atoms with Gasteiger partial charge in [-0.3, -0.25) is 4.98 Å².